The summed E-state index contributed by atoms with van der Waals surface area (Å²) >= 11 is 0. The van der Waals surface area contributed by atoms with Crippen LogP contribution in [0, 0.1) is 0 Å². The summed E-state index contributed by atoms with van der Waals surface area (Å²) in [6.45, 7) is 5.57. The molecule has 0 aliphatic carbocycles. The van der Waals surface area contributed by atoms with Crippen LogP contribution in [0.2, 0.25) is 0 Å². The lowest BCUT2D eigenvalue weighted by molar-refractivity contribution is -0.413. The summed E-state index contributed by atoms with van der Waals surface area (Å²) in [5.41, 5.74) is 1.05. The predicted molar refractivity (Wildman–Crippen MR) is 27.8 cm³/mol. The molecular formula is C5H10IN. The summed E-state index contributed by atoms with van der Waals surface area (Å²) in [4.78, 5) is 2.84. The van der Waals surface area contributed by atoms with Crippen molar-refractivity contribution in [2.45, 2.75) is 6.92 Å². The third-order valence-corrected chi connectivity index (χ3v) is 0.391. The Balaban J connectivity index is 0. The van der Waals surface area contributed by atoms with Crippen molar-refractivity contribution in [3.05, 3.63) is 12.2 Å². The van der Waals surface area contributed by atoms with Gasteiger partial charge in [-0.3, -0.25) is 4.99 Å². The van der Waals surface area contributed by atoms with Crippen molar-refractivity contribution in [1.29, 1.82) is 0 Å². The minimum absolute atomic E-state index is 0. The Hall–Kier alpha value is 0.140. The second kappa shape index (κ2) is 6.14. The van der Waals surface area contributed by atoms with Gasteiger partial charge in [0.15, 0.2) is 6.21 Å². The summed E-state index contributed by atoms with van der Waals surface area (Å²) < 4.78 is 0. The fraction of sp³-hybridized carbons (Fsp3) is 0.400. The molecule has 0 unspecified atom stereocenters. The summed E-state index contributed by atoms with van der Waals surface area (Å²) in [5, 5.41) is 0. The summed E-state index contributed by atoms with van der Waals surface area (Å²) in [6.07, 6.45) is 1.85. The monoisotopic (exact) mass is 211 g/mol. The average molecular weight is 211 g/mol. The van der Waals surface area contributed by atoms with E-state index in [0.717, 1.165) is 5.57 Å². The molecule has 2 heteroatoms. The van der Waals surface area contributed by atoms with Gasteiger partial charge < -0.3 is 24.0 Å². The molecule has 0 fully saturated rings. The molecule has 0 saturated carbocycles. The molecule has 1 nitrogen and oxygen atoms in total. The van der Waals surface area contributed by atoms with Crippen molar-refractivity contribution in [3.8, 4) is 0 Å². The summed E-state index contributed by atoms with van der Waals surface area (Å²) in [7, 11) is 1.86. The molecule has 7 heavy (non-hydrogen) atoms. The molecule has 0 rings (SSSR count). The largest absolute Gasteiger partial charge is 1.00 e. The van der Waals surface area contributed by atoms with E-state index in [1.807, 2.05) is 20.2 Å². The number of halogens is 1. The van der Waals surface area contributed by atoms with Crippen LogP contribution in [0.4, 0.5) is 0 Å². The topological polar surface area (TPSA) is 14.0 Å². The first kappa shape index (κ1) is 10.2. The molecule has 0 saturated heterocycles. The van der Waals surface area contributed by atoms with Crippen molar-refractivity contribution in [2.24, 2.45) is 0 Å². The molecule has 0 bridgehead atoms. The van der Waals surface area contributed by atoms with Crippen molar-refractivity contribution >= 4 is 6.21 Å². The van der Waals surface area contributed by atoms with Crippen LogP contribution >= 0.6 is 0 Å². The maximum Gasteiger partial charge on any atom is 0.163 e. The summed E-state index contributed by atoms with van der Waals surface area (Å²) in [5.74, 6) is 0. The van der Waals surface area contributed by atoms with Crippen LogP contribution in [0.15, 0.2) is 12.2 Å². The van der Waals surface area contributed by atoms with E-state index in [9.17, 15) is 0 Å². The van der Waals surface area contributed by atoms with Gasteiger partial charge in [-0.05, 0) is 6.92 Å². The Kier molecular flexibility index (Phi) is 8.94. The van der Waals surface area contributed by atoms with Crippen LogP contribution in [0.5, 0.6) is 0 Å². The molecule has 0 aromatic carbocycles. The highest BCUT2D eigenvalue weighted by atomic mass is 127. The van der Waals surface area contributed by atoms with Crippen molar-refractivity contribution < 1.29 is 29.0 Å². The standard InChI is InChI=1S/C5H9N.HI/c1-5(2)4-6-3;/h4H,1H2,2-3H3;1H. The van der Waals surface area contributed by atoms with E-state index in [2.05, 4.69) is 11.6 Å². The van der Waals surface area contributed by atoms with Gasteiger partial charge in [0, 0.05) is 5.57 Å². The number of nitrogens with one attached hydrogen (secondary N) is 1. The first-order chi connectivity index (χ1) is 2.77. The van der Waals surface area contributed by atoms with E-state index < -0.39 is 0 Å². The fourth-order valence-electron chi connectivity index (χ4n) is 0.246. The Morgan fingerprint density at radius 3 is 2.14 bits per heavy atom. The van der Waals surface area contributed by atoms with Gasteiger partial charge in [0.2, 0.25) is 0 Å². The molecule has 0 spiro atoms. The third-order valence-electron chi connectivity index (χ3n) is 0.391. The molecule has 0 radical (unpaired) electrons. The highest BCUT2D eigenvalue weighted by molar-refractivity contribution is 5.71. The van der Waals surface area contributed by atoms with Crippen LogP contribution in [-0.4, -0.2) is 13.3 Å². The summed E-state index contributed by atoms with van der Waals surface area (Å²) in [6, 6.07) is 0. The molecule has 0 aliphatic heterocycles. The molecule has 0 aromatic heterocycles. The fourth-order valence-corrected chi connectivity index (χ4v) is 0.246. The SMILES string of the molecule is C=C(C)C=[NH+]C.[I-]. The van der Waals surface area contributed by atoms with Gasteiger partial charge in [-0.15, -0.1) is 0 Å². The number of hydrogen-bond acceptors (Lipinski definition) is 0. The molecule has 0 heterocycles. The van der Waals surface area contributed by atoms with E-state index in [0.29, 0.717) is 0 Å². The van der Waals surface area contributed by atoms with Gasteiger partial charge >= 0.3 is 0 Å². The maximum absolute atomic E-state index is 3.63. The normalized spacial score (nSPS) is 8.29. The predicted octanol–water partition coefficient (Wildman–Crippen LogP) is -3.65. The number of rotatable bonds is 1. The van der Waals surface area contributed by atoms with Gasteiger partial charge in [-0.1, -0.05) is 6.58 Å². The molecule has 0 aliphatic rings. The lowest BCUT2D eigenvalue weighted by Gasteiger charge is -1.69. The third kappa shape index (κ3) is 10.7. The van der Waals surface area contributed by atoms with E-state index in [1.165, 1.54) is 0 Å². The Bertz CT molecular complexity index is 76.1. The van der Waals surface area contributed by atoms with Crippen LogP contribution < -0.4 is 29.0 Å². The maximum atomic E-state index is 3.63. The lowest BCUT2D eigenvalue weighted by Crippen LogP contribution is -3.00. The van der Waals surface area contributed by atoms with E-state index in [-0.39, 0.29) is 24.0 Å². The highest BCUT2D eigenvalue weighted by Crippen LogP contribution is 1.69. The minimum atomic E-state index is 0. The van der Waals surface area contributed by atoms with Crippen molar-refractivity contribution in [1.82, 2.24) is 0 Å². The van der Waals surface area contributed by atoms with Crippen LogP contribution in [0.1, 0.15) is 6.92 Å². The Morgan fingerprint density at radius 2 is 2.14 bits per heavy atom. The zero-order valence-corrected chi connectivity index (χ0v) is 6.82. The van der Waals surface area contributed by atoms with Crippen molar-refractivity contribution in [2.75, 3.05) is 7.05 Å². The van der Waals surface area contributed by atoms with E-state index in [1.54, 1.807) is 0 Å². The second-order valence-electron chi connectivity index (χ2n) is 1.28. The molecule has 0 aromatic rings. The van der Waals surface area contributed by atoms with Gasteiger partial charge in [0.1, 0.15) is 7.05 Å². The Morgan fingerprint density at radius 1 is 1.71 bits per heavy atom. The van der Waals surface area contributed by atoms with Crippen LogP contribution in [-0.2, 0) is 0 Å². The first-order valence-corrected chi connectivity index (χ1v) is 1.93. The van der Waals surface area contributed by atoms with Gasteiger partial charge in [-0.25, -0.2) is 0 Å². The zero-order valence-electron chi connectivity index (χ0n) is 4.66. The van der Waals surface area contributed by atoms with Gasteiger partial charge in [0.25, 0.3) is 0 Å². The smallest absolute Gasteiger partial charge is 0.163 e. The highest BCUT2D eigenvalue weighted by Gasteiger charge is 1.71. The first-order valence-electron chi connectivity index (χ1n) is 1.93. The second-order valence-corrected chi connectivity index (χ2v) is 1.28. The minimum Gasteiger partial charge on any atom is -1.00 e. The molecular weight excluding hydrogens is 201 g/mol. The van der Waals surface area contributed by atoms with Crippen LogP contribution in [0.3, 0.4) is 0 Å². The number of allylic oxidation sites excluding steroid dienone is 1. The van der Waals surface area contributed by atoms with E-state index in [4.69, 9.17) is 0 Å². The zero-order chi connectivity index (χ0) is 4.99. The average Bonchev–Trinajstić information content (AvgIpc) is 1.35. The molecule has 1 N–H and O–H groups in total. The van der Waals surface area contributed by atoms with Gasteiger partial charge in [0.05, 0.1) is 0 Å². The molecule has 0 atom stereocenters. The van der Waals surface area contributed by atoms with Crippen LogP contribution in [0.25, 0.3) is 0 Å². The van der Waals surface area contributed by atoms with E-state index >= 15 is 0 Å². The lowest BCUT2D eigenvalue weighted by atomic mass is 10.4. The molecule has 0 amide bonds. The van der Waals surface area contributed by atoms with Gasteiger partial charge in [-0.2, -0.15) is 0 Å². The molecule has 42 valence electrons. The quantitative estimate of drug-likeness (QED) is 0.339. The number of hydrogen-bond donors (Lipinski definition) is 1. The van der Waals surface area contributed by atoms with Crippen molar-refractivity contribution in [3.63, 3.8) is 0 Å². The Labute approximate surface area is 61.5 Å².